The molecule has 39 heavy (non-hydrogen) atoms. The number of Topliss-reactive ketones (excluding diaryl/α,β-unsaturated/α-hetero) is 1. The first-order valence-electron chi connectivity index (χ1n) is 15.2. The maximum Gasteiger partial charge on any atom is 0.309 e. The fourth-order valence-electron chi connectivity index (χ4n) is 10.4. The molecule has 0 radical (unpaired) electrons. The number of hydrogen-bond acceptors (Lipinski definition) is 6. The fourth-order valence-corrected chi connectivity index (χ4v) is 10.4. The Morgan fingerprint density at radius 1 is 1.03 bits per heavy atom. The number of fused-ring (bicyclic) bond motifs is 5. The minimum absolute atomic E-state index is 0.0278. The molecular weight excluding hydrogens is 492 g/mol. The number of hydrogen-bond donors (Lipinski definition) is 0. The Hall–Kier alpha value is -1.98. The molecule has 4 aliphatic carbocycles. The molecule has 0 bridgehead atoms. The van der Waals surface area contributed by atoms with Crippen LogP contribution in [0.5, 0.6) is 0 Å². The summed E-state index contributed by atoms with van der Waals surface area (Å²) in [6, 6.07) is 0. The first-order valence-corrected chi connectivity index (χ1v) is 15.2. The molecule has 0 saturated heterocycles. The summed E-state index contributed by atoms with van der Waals surface area (Å²) < 4.78 is 11.6. The topological polar surface area (TPSA) is 86.7 Å². The van der Waals surface area contributed by atoms with Crippen LogP contribution in [0.15, 0.2) is 11.6 Å². The molecule has 3 saturated carbocycles. The van der Waals surface area contributed by atoms with Gasteiger partial charge in [0.25, 0.3) is 0 Å². The first-order chi connectivity index (χ1) is 18.2. The molecule has 0 spiro atoms. The summed E-state index contributed by atoms with van der Waals surface area (Å²) in [7, 11) is 0. The fraction of sp³-hybridized carbons (Fsp3) is 0.818. The van der Waals surface area contributed by atoms with Crippen molar-refractivity contribution in [2.45, 2.75) is 125 Å². The molecule has 6 nitrogen and oxygen atoms in total. The molecule has 10 atom stereocenters. The number of esters is 2. The highest BCUT2D eigenvalue weighted by atomic mass is 16.6. The zero-order valence-corrected chi connectivity index (χ0v) is 25.4. The number of ketones is 1. The van der Waals surface area contributed by atoms with E-state index in [1.807, 2.05) is 6.08 Å². The summed E-state index contributed by atoms with van der Waals surface area (Å²) in [6.07, 6.45) is 10.3. The van der Waals surface area contributed by atoms with Gasteiger partial charge in [-0.3, -0.25) is 14.4 Å². The predicted molar refractivity (Wildman–Crippen MR) is 150 cm³/mol. The largest absolute Gasteiger partial charge is 0.462 e. The van der Waals surface area contributed by atoms with E-state index in [2.05, 4.69) is 34.6 Å². The van der Waals surface area contributed by atoms with Gasteiger partial charge in [-0.25, -0.2) is 0 Å². The molecule has 0 amide bonds. The Kier molecular flexibility index (Phi) is 8.04. The zero-order chi connectivity index (χ0) is 29.0. The van der Waals surface area contributed by atoms with Crippen molar-refractivity contribution < 1.29 is 28.7 Å². The number of carbonyl (C=O) groups excluding carboxylic acids is 4. The second kappa shape index (κ2) is 10.4. The smallest absolute Gasteiger partial charge is 0.309 e. The third-order valence-electron chi connectivity index (χ3n) is 12.4. The Morgan fingerprint density at radius 3 is 2.28 bits per heavy atom. The van der Waals surface area contributed by atoms with Crippen LogP contribution in [-0.2, 0) is 28.7 Å². The van der Waals surface area contributed by atoms with Crippen LogP contribution < -0.4 is 0 Å². The van der Waals surface area contributed by atoms with Gasteiger partial charge in [0.05, 0.1) is 12.3 Å². The maximum absolute atomic E-state index is 13.3. The minimum atomic E-state index is -0.686. The lowest BCUT2D eigenvalue weighted by atomic mass is 9.34. The van der Waals surface area contributed by atoms with Gasteiger partial charge >= 0.3 is 11.9 Å². The van der Waals surface area contributed by atoms with E-state index in [-0.39, 0.29) is 29.0 Å². The lowest BCUT2D eigenvalue weighted by Crippen LogP contribution is -2.67. The van der Waals surface area contributed by atoms with Gasteiger partial charge in [0.2, 0.25) is 0 Å². The van der Waals surface area contributed by atoms with Crippen molar-refractivity contribution in [1.82, 2.24) is 0 Å². The highest BCUT2D eigenvalue weighted by molar-refractivity contribution is 5.97. The molecule has 0 aromatic heterocycles. The second-order valence-corrected chi connectivity index (χ2v) is 14.3. The molecule has 4 aliphatic rings. The first kappa shape index (κ1) is 30.0. The SMILES string of the molecule is CC[C@@]1(C)CCC[C@]2(C)[C@H]3C[C@H](OC(=O)CC(C)OC(C)=O)[C@]4(C)[C@@H](C=O)C(C(C)=O)=CC[C@H]4[C@]3(C)CC[C@@H]12. The third kappa shape index (κ3) is 4.72. The number of aldehydes is 1. The molecule has 0 heterocycles. The normalized spacial score (nSPS) is 44.0. The molecule has 6 heteroatoms. The Balaban J connectivity index is 1.78. The van der Waals surface area contributed by atoms with E-state index in [4.69, 9.17) is 9.47 Å². The summed E-state index contributed by atoms with van der Waals surface area (Å²) in [5, 5.41) is 0. The molecule has 3 fully saturated rings. The second-order valence-electron chi connectivity index (χ2n) is 14.3. The zero-order valence-electron chi connectivity index (χ0n) is 25.4. The van der Waals surface area contributed by atoms with Gasteiger partial charge in [-0.05, 0) is 86.4 Å². The van der Waals surface area contributed by atoms with Crippen molar-refractivity contribution in [3.8, 4) is 0 Å². The van der Waals surface area contributed by atoms with Crippen molar-refractivity contribution in [1.29, 1.82) is 0 Å². The minimum Gasteiger partial charge on any atom is -0.462 e. The van der Waals surface area contributed by atoms with Crippen LogP contribution in [0.3, 0.4) is 0 Å². The lowest BCUT2D eigenvalue weighted by molar-refractivity contribution is -0.240. The Bertz CT molecular complexity index is 1050. The van der Waals surface area contributed by atoms with Crippen LogP contribution in [0.2, 0.25) is 0 Å². The van der Waals surface area contributed by atoms with Crippen LogP contribution in [0.4, 0.5) is 0 Å². The van der Waals surface area contributed by atoms with Crippen molar-refractivity contribution in [2.24, 2.45) is 45.3 Å². The molecule has 4 rings (SSSR count). The molecule has 0 aromatic carbocycles. The van der Waals surface area contributed by atoms with Gasteiger partial charge in [-0.15, -0.1) is 0 Å². The molecule has 0 aliphatic heterocycles. The van der Waals surface area contributed by atoms with Gasteiger partial charge in [-0.1, -0.05) is 53.5 Å². The van der Waals surface area contributed by atoms with Gasteiger partial charge in [0, 0.05) is 17.9 Å². The average Bonchev–Trinajstić information content (AvgIpc) is 2.83. The summed E-state index contributed by atoms with van der Waals surface area (Å²) in [5.41, 5.74) is 0.264. The number of rotatable bonds is 7. The van der Waals surface area contributed by atoms with Gasteiger partial charge < -0.3 is 14.3 Å². The number of carbonyl (C=O) groups is 4. The van der Waals surface area contributed by atoms with Crippen LogP contribution in [-0.4, -0.2) is 36.2 Å². The van der Waals surface area contributed by atoms with E-state index in [9.17, 15) is 19.2 Å². The van der Waals surface area contributed by atoms with E-state index in [0.717, 1.165) is 12.7 Å². The van der Waals surface area contributed by atoms with Gasteiger partial charge in [-0.2, -0.15) is 0 Å². The van der Waals surface area contributed by atoms with Crippen molar-refractivity contribution in [2.75, 3.05) is 0 Å². The van der Waals surface area contributed by atoms with Crippen LogP contribution in [0.1, 0.15) is 113 Å². The average molecular weight is 543 g/mol. The van der Waals surface area contributed by atoms with Crippen LogP contribution in [0, 0.1) is 45.3 Å². The lowest BCUT2D eigenvalue weighted by Gasteiger charge is -2.70. The van der Waals surface area contributed by atoms with E-state index in [1.165, 1.54) is 46.0 Å². The summed E-state index contributed by atoms with van der Waals surface area (Å²) in [4.78, 5) is 50.2. The third-order valence-corrected chi connectivity index (χ3v) is 12.4. The van der Waals surface area contributed by atoms with Crippen LogP contribution >= 0.6 is 0 Å². The standard InChI is InChI=1S/C33H50O6/c1-9-30(5)14-10-15-31(6)25(30)13-16-32(7)26-12-11-23(21(3)35)24(19-34)33(26,8)28(18-27(31)32)39-29(37)17-20(2)38-22(4)36/h11,19-20,24-28H,9-10,12-18H2,1-8H3/t20?,24-,25-,26-,27+,28-,30-,31-,32-,33+/m0/s1. The van der Waals surface area contributed by atoms with Crippen molar-refractivity contribution >= 4 is 24.0 Å². The van der Waals surface area contributed by atoms with E-state index >= 15 is 0 Å². The molecule has 0 aromatic rings. The maximum atomic E-state index is 13.3. The Labute approximate surface area is 235 Å². The molecule has 0 N–H and O–H groups in total. The van der Waals surface area contributed by atoms with Crippen molar-refractivity contribution in [3.05, 3.63) is 11.6 Å². The summed E-state index contributed by atoms with van der Waals surface area (Å²) in [6.45, 7) is 16.4. The number of allylic oxidation sites excluding steroid dienone is 2. The van der Waals surface area contributed by atoms with Crippen LogP contribution in [0.25, 0.3) is 0 Å². The van der Waals surface area contributed by atoms with E-state index in [1.54, 1.807) is 6.92 Å². The highest BCUT2D eigenvalue weighted by Gasteiger charge is 2.69. The van der Waals surface area contributed by atoms with E-state index < -0.39 is 35.5 Å². The number of ether oxygens (including phenoxy) is 2. The summed E-state index contributed by atoms with van der Waals surface area (Å²) >= 11 is 0. The predicted octanol–water partition coefficient (Wildman–Crippen LogP) is 6.64. The van der Waals surface area contributed by atoms with Gasteiger partial charge in [0.15, 0.2) is 5.78 Å². The quantitative estimate of drug-likeness (QED) is 0.265. The Morgan fingerprint density at radius 2 is 1.69 bits per heavy atom. The highest BCUT2D eigenvalue weighted by Crippen LogP contribution is 2.73. The van der Waals surface area contributed by atoms with Crippen molar-refractivity contribution in [3.63, 3.8) is 0 Å². The van der Waals surface area contributed by atoms with E-state index in [0.29, 0.717) is 35.7 Å². The summed E-state index contributed by atoms with van der Waals surface area (Å²) in [5.74, 6) is -0.490. The van der Waals surface area contributed by atoms with Gasteiger partial charge in [0.1, 0.15) is 18.5 Å². The molecular formula is C33H50O6. The monoisotopic (exact) mass is 542 g/mol. The molecule has 1 unspecified atom stereocenters. The molecule has 218 valence electrons.